The highest BCUT2D eigenvalue weighted by atomic mass is 79.9. The van der Waals surface area contributed by atoms with E-state index in [1.54, 1.807) is 11.3 Å². The van der Waals surface area contributed by atoms with Gasteiger partial charge in [-0.1, -0.05) is 6.42 Å². The molecular weight excluding hydrogens is 390 g/mol. The maximum Gasteiger partial charge on any atom is 0.171 e. The molecule has 0 saturated carbocycles. The first-order chi connectivity index (χ1) is 9.15. The van der Waals surface area contributed by atoms with Crippen LogP contribution in [0.5, 0.6) is 0 Å². The minimum absolute atomic E-state index is 0.655. The van der Waals surface area contributed by atoms with Crippen LogP contribution in [0.25, 0.3) is 10.7 Å². The van der Waals surface area contributed by atoms with Gasteiger partial charge in [-0.25, -0.2) is 9.97 Å². The maximum atomic E-state index is 6.12. The molecule has 0 fully saturated rings. The van der Waals surface area contributed by atoms with Crippen molar-refractivity contribution in [3.05, 3.63) is 25.6 Å². The average molecular weight is 403 g/mol. The number of hydrogen-bond acceptors (Lipinski definition) is 4. The van der Waals surface area contributed by atoms with Crippen molar-refractivity contribution in [1.82, 2.24) is 9.97 Å². The predicted octanol–water partition coefficient (Wildman–Crippen LogP) is 4.58. The van der Waals surface area contributed by atoms with E-state index in [0.717, 1.165) is 43.1 Å². The van der Waals surface area contributed by atoms with Crippen LogP contribution in [0.15, 0.2) is 14.3 Å². The van der Waals surface area contributed by atoms with E-state index < -0.39 is 0 Å². The Morgan fingerprint density at radius 3 is 2.63 bits per heavy atom. The molecule has 6 heteroatoms. The second-order valence-electron chi connectivity index (χ2n) is 4.65. The minimum Gasteiger partial charge on any atom is -0.383 e. The lowest BCUT2D eigenvalue weighted by Crippen LogP contribution is -2.06. The van der Waals surface area contributed by atoms with Crippen molar-refractivity contribution in [2.75, 3.05) is 5.73 Å². The van der Waals surface area contributed by atoms with Gasteiger partial charge in [-0.2, -0.15) is 0 Å². The zero-order valence-electron chi connectivity index (χ0n) is 10.2. The third-order valence-corrected chi connectivity index (χ3v) is 6.58. The first-order valence-corrected chi connectivity index (χ1v) is 8.66. The summed E-state index contributed by atoms with van der Waals surface area (Å²) in [5, 5.41) is 0. The van der Waals surface area contributed by atoms with Gasteiger partial charge in [-0.15, -0.1) is 11.3 Å². The number of aromatic nitrogens is 2. The molecule has 0 radical (unpaired) electrons. The number of nitrogen functional groups attached to an aromatic ring is 1. The number of hydrogen-bond donors (Lipinski definition) is 1. The number of nitrogens with zero attached hydrogens (tertiary/aromatic N) is 2. The zero-order valence-corrected chi connectivity index (χ0v) is 14.2. The SMILES string of the molecule is Nc1nc(-c2cc(Br)c(Br)s2)nc2c1CCCCC2. The Kier molecular flexibility index (Phi) is 3.91. The standard InChI is InChI=1S/C13H13Br2N3S/c14-8-6-10(19-11(8)15)13-17-9-5-3-1-2-4-7(9)12(16)18-13/h6H,1-5H2,(H2,16,17,18). The maximum absolute atomic E-state index is 6.12. The van der Waals surface area contributed by atoms with Gasteiger partial charge >= 0.3 is 0 Å². The topological polar surface area (TPSA) is 51.8 Å². The smallest absolute Gasteiger partial charge is 0.171 e. The molecule has 0 spiro atoms. The fourth-order valence-electron chi connectivity index (χ4n) is 2.37. The highest BCUT2D eigenvalue weighted by Crippen LogP contribution is 2.37. The van der Waals surface area contributed by atoms with Gasteiger partial charge in [0, 0.05) is 15.7 Å². The van der Waals surface area contributed by atoms with Crippen molar-refractivity contribution in [3.63, 3.8) is 0 Å². The number of fused-ring (bicyclic) bond motifs is 1. The predicted molar refractivity (Wildman–Crippen MR) is 86.4 cm³/mol. The van der Waals surface area contributed by atoms with Crippen molar-refractivity contribution in [3.8, 4) is 10.7 Å². The molecule has 2 aromatic heterocycles. The van der Waals surface area contributed by atoms with Gasteiger partial charge in [0.1, 0.15) is 5.82 Å². The van der Waals surface area contributed by atoms with Crippen LogP contribution in [-0.2, 0) is 12.8 Å². The third-order valence-electron chi connectivity index (χ3n) is 3.33. The van der Waals surface area contributed by atoms with Crippen LogP contribution in [0, 0.1) is 0 Å². The lowest BCUT2D eigenvalue weighted by atomic mass is 10.1. The number of aryl methyl sites for hydroxylation is 1. The van der Waals surface area contributed by atoms with Crippen LogP contribution in [0.1, 0.15) is 30.5 Å². The van der Waals surface area contributed by atoms with Gasteiger partial charge in [0.2, 0.25) is 0 Å². The van der Waals surface area contributed by atoms with Crippen LogP contribution >= 0.6 is 43.2 Å². The molecule has 3 rings (SSSR count). The van der Waals surface area contributed by atoms with Gasteiger partial charge < -0.3 is 5.73 Å². The summed E-state index contributed by atoms with van der Waals surface area (Å²) < 4.78 is 2.09. The summed E-state index contributed by atoms with van der Waals surface area (Å²) in [5.41, 5.74) is 8.43. The fourth-order valence-corrected chi connectivity index (χ4v) is 4.34. The molecule has 1 aliphatic carbocycles. The van der Waals surface area contributed by atoms with E-state index in [-0.39, 0.29) is 0 Å². The van der Waals surface area contributed by atoms with Gasteiger partial charge in [0.05, 0.1) is 8.66 Å². The van der Waals surface area contributed by atoms with Gasteiger partial charge in [-0.05, 0) is 63.6 Å². The lowest BCUT2D eigenvalue weighted by Gasteiger charge is -2.09. The van der Waals surface area contributed by atoms with Crippen LogP contribution < -0.4 is 5.73 Å². The largest absolute Gasteiger partial charge is 0.383 e. The molecule has 1 aliphatic rings. The molecule has 2 aromatic rings. The normalized spacial score (nSPS) is 15.1. The molecule has 19 heavy (non-hydrogen) atoms. The molecule has 100 valence electrons. The molecule has 0 bridgehead atoms. The van der Waals surface area contributed by atoms with Gasteiger partial charge in [0.25, 0.3) is 0 Å². The summed E-state index contributed by atoms with van der Waals surface area (Å²) in [6, 6.07) is 2.03. The minimum atomic E-state index is 0.655. The van der Waals surface area contributed by atoms with Crippen molar-refractivity contribution < 1.29 is 0 Å². The van der Waals surface area contributed by atoms with E-state index in [1.165, 1.54) is 19.3 Å². The Balaban J connectivity index is 2.08. The second kappa shape index (κ2) is 5.50. The molecule has 0 atom stereocenters. The highest BCUT2D eigenvalue weighted by Gasteiger charge is 2.17. The van der Waals surface area contributed by atoms with Crippen LogP contribution in [0.2, 0.25) is 0 Å². The van der Waals surface area contributed by atoms with E-state index in [0.29, 0.717) is 5.82 Å². The molecule has 0 aliphatic heterocycles. The van der Waals surface area contributed by atoms with E-state index in [9.17, 15) is 0 Å². The average Bonchev–Trinajstić information content (AvgIpc) is 2.61. The van der Waals surface area contributed by atoms with Crippen molar-refractivity contribution in [1.29, 1.82) is 0 Å². The summed E-state index contributed by atoms with van der Waals surface area (Å²) in [6.07, 6.45) is 5.67. The number of rotatable bonds is 1. The van der Waals surface area contributed by atoms with Crippen molar-refractivity contribution in [2.45, 2.75) is 32.1 Å². The van der Waals surface area contributed by atoms with E-state index in [2.05, 4.69) is 36.8 Å². The summed E-state index contributed by atoms with van der Waals surface area (Å²) in [6.45, 7) is 0. The van der Waals surface area contributed by atoms with Gasteiger partial charge in [-0.3, -0.25) is 0 Å². The molecule has 3 nitrogen and oxygen atoms in total. The number of halogens is 2. The molecule has 0 amide bonds. The zero-order chi connectivity index (χ0) is 13.4. The Bertz CT molecular complexity index is 605. The van der Waals surface area contributed by atoms with Crippen molar-refractivity contribution >= 4 is 49.0 Å². The Hall–Kier alpha value is -0.460. The Labute approximate surface area is 132 Å². The summed E-state index contributed by atoms with van der Waals surface area (Å²) in [4.78, 5) is 10.3. The fraction of sp³-hybridized carbons (Fsp3) is 0.385. The second-order valence-corrected chi connectivity index (χ2v) is 7.88. The molecule has 0 unspecified atom stereocenters. The van der Waals surface area contributed by atoms with E-state index in [4.69, 9.17) is 10.7 Å². The molecule has 2 N–H and O–H groups in total. The first kappa shape index (κ1) is 13.5. The summed E-state index contributed by atoms with van der Waals surface area (Å²) in [5.74, 6) is 1.40. The Morgan fingerprint density at radius 1 is 1.11 bits per heavy atom. The quantitative estimate of drug-likeness (QED) is 0.710. The molecule has 2 heterocycles. The lowest BCUT2D eigenvalue weighted by molar-refractivity contribution is 0.709. The molecule has 0 aromatic carbocycles. The summed E-state index contributed by atoms with van der Waals surface area (Å²) in [7, 11) is 0. The first-order valence-electron chi connectivity index (χ1n) is 6.25. The van der Waals surface area contributed by atoms with E-state index >= 15 is 0 Å². The Morgan fingerprint density at radius 2 is 1.89 bits per heavy atom. The number of thiophene rings is 1. The van der Waals surface area contributed by atoms with E-state index in [1.807, 2.05) is 6.07 Å². The van der Waals surface area contributed by atoms with Gasteiger partial charge in [0.15, 0.2) is 5.82 Å². The van der Waals surface area contributed by atoms with Crippen molar-refractivity contribution in [2.24, 2.45) is 0 Å². The van der Waals surface area contributed by atoms with Crippen LogP contribution in [-0.4, -0.2) is 9.97 Å². The number of nitrogens with two attached hydrogens (primary N) is 1. The highest BCUT2D eigenvalue weighted by molar-refractivity contribution is 9.13. The monoisotopic (exact) mass is 401 g/mol. The summed E-state index contributed by atoms with van der Waals surface area (Å²) >= 11 is 8.62. The third kappa shape index (κ3) is 2.71. The van der Waals surface area contributed by atoms with Crippen LogP contribution in [0.4, 0.5) is 5.82 Å². The molecule has 0 saturated heterocycles. The molecular formula is C13H13Br2N3S. The van der Waals surface area contributed by atoms with Crippen LogP contribution in [0.3, 0.4) is 0 Å². The number of anilines is 1.